The van der Waals surface area contributed by atoms with Crippen LogP contribution in [0.15, 0.2) is 18.3 Å². The standard InChI is InChI=1S/C17H21N3O/c1-9(2)12-8-18-13-7-6-11-15(10(3)4)19-17(21-5)20-16(11)14(12)13/h6-10H,1-5H3,(H,19,20). The van der Waals surface area contributed by atoms with Crippen molar-refractivity contribution in [2.75, 3.05) is 7.11 Å². The maximum absolute atomic E-state index is 5.35. The number of nitrogens with one attached hydrogen (secondary N) is 1. The number of fused-ring (bicyclic) bond motifs is 3. The molecule has 0 spiro atoms. The molecule has 1 aromatic carbocycles. The fourth-order valence-electron chi connectivity index (χ4n) is 2.82. The molecule has 0 aliphatic carbocycles. The molecule has 4 heteroatoms. The number of aromatic nitrogens is 3. The first-order valence-electron chi connectivity index (χ1n) is 7.38. The van der Waals surface area contributed by atoms with E-state index in [0.29, 0.717) is 17.8 Å². The molecular weight excluding hydrogens is 262 g/mol. The van der Waals surface area contributed by atoms with Gasteiger partial charge < -0.3 is 9.72 Å². The highest BCUT2D eigenvalue weighted by atomic mass is 16.5. The molecule has 0 amide bonds. The van der Waals surface area contributed by atoms with Crippen molar-refractivity contribution in [1.82, 2.24) is 15.0 Å². The molecule has 0 saturated carbocycles. The maximum Gasteiger partial charge on any atom is 0.293 e. The number of hydrogen-bond acceptors (Lipinski definition) is 3. The van der Waals surface area contributed by atoms with Crippen LogP contribution < -0.4 is 4.74 Å². The second-order valence-corrected chi connectivity index (χ2v) is 6.04. The molecule has 4 nitrogen and oxygen atoms in total. The number of nitrogens with zero attached hydrogens (tertiary/aromatic N) is 2. The Balaban J connectivity index is 2.48. The molecule has 2 heterocycles. The smallest absolute Gasteiger partial charge is 0.293 e. The largest absolute Gasteiger partial charge is 0.468 e. The van der Waals surface area contributed by atoms with Crippen LogP contribution in [0.3, 0.4) is 0 Å². The molecule has 1 N–H and O–H groups in total. The van der Waals surface area contributed by atoms with Crippen LogP contribution in [-0.4, -0.2) is 22.1 Å². The van der Waals surface area contributed by atoms with Gasteiger partial charge in [-0.2, -0.15) is 0 Å². The van der Waals surface area contributed by atoms with E-state index in [-0.39, 0.29) is 0 Å². The first-order valence-corrected chi connectivity index (χ1v) is 7.38. The zero-order valence-electron chi connectivity index (χ0n) is 13.2. The number of aromatic amines is 1. The van der Waals surface area contributed by atoms with E-state index in [2.05, 4.69) is 54.8 Å². The van der Waals surface area contributed by atoms with E-state index in [0.717, 1.165) is 22.1 Å². The Labute approximate surface area is 124 Å². The van der Waals surface area contributed by atoms with E-state index < -0.39 is 0 Å². The van der Waals surface area contributed by atoms with Gasteiger partial charge in [-0.25, -0.2) is 4.98 Å². The Morgan fingerprint density at radius 3 is 2.48 bits per heavy atom. The summed E-state index contributed by atoms with van der Waals surface area (Å²) in [5, 5.41) is 2.33. The topological polar surface area (TPSA) is 50.8 Å². The monoisotopic (exact) mass is 283 g/mol. The zero-order valence-corrected chi connectivity index (χ0v) is 13.2. The normalized spacial score (nSPS) is 12.0. The average Bonchev–Trinajstić information content (AvgIpc) is 2.90. The number of benzene rings is 1. The predicted molar refractivity (Wildman–Crippen MR) is 86.1 cm³/mol. The second kappa shape index (κ2) is 5.02. The van der Waals surface area contributed by atoms with Gasteiger partial charge in [0.05, 0.1) is 23.8 Å². The van der Waals surface area contributed by atoms with Gasteiger partial charge >= 0.3 is 0 Å². The van der Waals surface area contributed by atoms with E-state index in [4.69, 9.17) is 4.74 Å². The average molecular weight is 283 g/mol. The van der Waals surface area contributed by atoms with Gasteiger partial charge in [0.1, 0.15) is 0 Å². The van der Waals surface area contributed by atoms with Crippen LogP contribution in [0.25, 0.3) is 21.8 Å². The van der Waals surface area contributed by atoms with E-state index in [1.54, 1.807) is 7.11 Å². The summed E-state index contributed by atoms with van der Waals surface area (Å²) >= 11 is 0. The molecular formula is C17H21N3O. The predicted octanol–water partition coefficient (Wildman–Crippen LogP) is 4.37. The van der Waals surface area contributed by atoms with Crippen molar-refractivity contribution in [1.29, 1.82) is 0 Å². The van der Waals surface area contributed by atoms with Gasteiger partial charge in [-0.3, -0.25) is 4.98 Å². The molecule has 0 aliphatic rings. The quantitative estimate of drug-likeness (QED) is 0.776. The maximum atomic E-state index is 5.35. The molecule has 0 bridgehead atoms. The van der Waals surface area contributed by atoms with Crippen molar-refractivity contribution < 1.29 is 4.74 Å². The highest BCUT2D eigenvalue weighted by Gasteiger charge is 2.16. The first kappa shape index (κ1) is 13.9. The summed E-state index contributed by atoms with van der Waals surface area (Å²) in [5.41, 5.74) is 4.41. The third kappa shape index (κ3) is 2.15. The molecule has 3 rings (SSSR count). The summed E-state index contributed by atoms with van der Waals surface area (Å²) in [7, 11) is 1.64. The minimum Gasteiger partial charge on any atom is -0.468 e. The molecule has 0 unspecified atom stereocenters. The molecule has 2 aromatic heterocycles. The lowest BCUT2D eigenvalue weighted by Gasteiger charge is -2.13. The SMILES string of the molecule is COc1nc(C(C)C)c2ccc3ncc(C(C)C)c3c2[nH]1. The summed E-state index contributed by atoms with van der Waals surface area (Å²) in [6, 6.07) is 4.74. The number of rotatable bonds is 3. The lowest BCUT2D eigenvalue weighted by molar-refractivity contribution is 0.379. The van der Waals surface area contributed by atoms with Gasteiger partial charge in [0, 0.05) is 17.0 Å². The third-order valence-corrected chi connectivity index (χ3v) is 3.91. The van der Waals surface area contributed by atoms with Gasteiger partial charge in [0.2, 0.25) is 0 Å². The minimum atomic E-state index is 0.332. The second-order valence-electron chi connectivity index (χ2n) is 6.04. The Morgan fingerprint density at radius 2 is 1.86 bits per heavy atom. The molecule has 0 fully saturated rings. The van der Waals surface area contributed by atoms with Crippen LogP contribution >= 0.6 is 0 Å². The Bertz CT molecular complexity index is 803. The van der Waals surface area contributed by atoms with E-state index in [1.807, 2.05) is 6.20 Å². The molecule has 3 aromatic rings. The lowest BCUT2D eigenvalue weighted by Crippen LogP contribution is -2.01. The molecule has 21 heavy (non-hydrogen) atoms. The summed E-state index contributed by atoms with van der Waals surface area (Å²) in [5.74, 6) is 0.759. The number of methoxy groups -OCH3 is 1. The van der Waals surface area contributed by atoms with Crippen LogP contribution in [0, 0.1) is 0 Å². The van der Waals surface area contributed by atoms with Crippen molar-refractivity contribution in [3.8, 4) is 6.01 Å². The highest BCUT2D eigenvalue weighted by Crippen LogP contribution is 2.34. The fourth-order valence-corrected chi connectivity index (χ4v) is 2.82. The van der Waals surface area contributed by atoms with E-state index in [9.17, 15) is 0 Å². The van der Waals surface area contributed by atoms with Crippen molar-refractivity contribution in [2.45, 2.75) is 39.5 Å². The Morgan fingerprint density at radius 1 is 1.10 bits per heavy atom. The number of H-pyrrole nitrogens is 1. The summed E-state index contributed by atoms with van der Waals surface area (Å²) in [6.45, 7) is 8.68. The van der Waals surface area contributed by atoms with E-state index >= 15 is 0 Å². The number of ether oxygens (including phenoxy) is 1. The van der Waals surface area contributed by atoms with Crippen LogP contribution in [0.1, 0.15) is 50.8 Å². The third-order valence-electron chi connectivity index (χ3n) is 3.91. The lowest BCUT2D eigenvalue weighted by atomic mass is 9.98. The minimum absolute atomic E-state index is 0.332. The van der Waals surface area contributed by atoms with Gasteiger partial charge in [-0.05, 0) is 29.5 Å². The molecule has 110 valence electrons. The van der Waals surface area contributed by atoms with Crippen LogP contribution in [0.5, 0.6) is 6.01 Å². The van der Waals surface area contributed by atoms with Crippen LogP contribution in [0.4, 0.5) is 0 Å². The van der Waals surface area contributed by atoms with Crippen LogP contribution in [0.2, 0.25) is 0 Å². The summed E-state index contributed by atoms with van der Waals surface area (Å²) in [6.07, 6.45) is 1.98. The molecule has 0 saturated heterocycles. The highest BCUT2D eigenvalue weighted by molar-refractivity contribution is 6.07. The molecule has 0 aliphatic heterocycles. The Hall–Kier alpha value is -2.10. The zero-order chi connectivity index (χ0) is 15.1. The van der Waals surface area contributed by atoms with Crippen molar-refractivity contribution >= 4 is 21.8 Å². The molecule has 0 atom stereocenters. The fraction of sp³-hybridized carbons (Fsp3) is 0.412. The Kier molecular flexibility index (Phi) is 3.32. The van der Waals surface area contributed by atoms with Gasteiger partial charge in [-0.1, -0.05) is 27.7 Å². The van der Waals surface area contributed by atoms with Crippen molar-refractivity contribution in [2.24, 2.45) is 0 Å². The van der Waals surface area contributed by atoms with Crippen molar-refractivity contribution in [3.63, 3.8) is 0 Å². The van der Waals surface area contributed by atoms with Gasteiger partial charge in [0.25, 0.3) is 6.01 Å². The van der Waals surface area contributed by atoms with Crippen LogP contribution in [-0.2, 0) is 0 Å². The van der Waals surface area contributed by atoms with Crippen molar-refractivity contribution in [3.05, 3.63) is 29.6 Å². The van der Waals surface area contributed by atoms with Gasteiger partial charge in [-0.15, -0.1) is 0 Å². The van der Waals surface area contributed by atoms with E-state index in [1.165, 1.54) is 10.9 Å². The molecule has 0 radical (unpaired) electrons. The number of hydrogen-bond donors (Lipinski definition) is 1. The first-order chi connectivity index (χ1) is 10.0. The summed E-state index contributed by atoms with van der Waals surface area (Å²) in [4.78, 5) is 12.4. The van der Waals surface area contributed by atoms with Gasteiger partial charge in [0.15, 0.2) is 0 Å². The summed E-state index contributed by atoms with van der Waals surface area (Å²) < 4.78 is 5.35.